The zero-order chi connectivity index (χ0) is 21.6. The van der Waals surface area contributed by atoms with Crippen LogP contribution in [0.2, 0.25) is 0 Å². The zero-order valence-electron chi connectivity index (χ0n) is 19.1. The molecule has 0 rings (SSSR count). The summed E-state index contributed by atoms with van der Waals surface area (Å²) in [6.45, 7) is 5.18. The summed E-state index contributed by atoms with van der Waals surface area (Å²) in [6, 6.07) is 0. The van der Waals surface area contributed by atoms with Gasteiger partial charge in [-0.25, -0.2) is 0 Å². The average molecular weight is 415 g/mol. The van der Waals surface area contributed by atoms with Crippen molar-refractivity contribution in [2.75, 3.05) is 19.8 Å². The van der Waals surface area contributed by atoms with E-state index >= 15 is 0 Å². The molecule has 0 aliphatic carbocycles. The number of aliphatic hydroxyl groups is 1. The summed E-state index contributed by atoms with van der Waals surface area (Å²) in [5, 5.41) is 8.92. The van der Waals surface area contributed by atoms with Gasteiger partial charge in [0.05, 0.1) is 13.2 Å². The second-order valence-electron chi connectivity index (χ2n) is 8.13. The molecular formula is C24H46O5. The molecule has 0 spiro atoms. The number of hydrogen-bond donors (Lipinski definition) is 1. The van der Waals surface area contributed by atoms with Gasteiger partial charge in [0.1, 0.15) is 0 Å². The van der Waals surface area contributed by atoms with Crippen LogP contribution in [0.15, 0.2) is 0 Å². The molecule has 0 heterocycles. The topological polar surface area (TPSA) is 72.8 Å². The Morgan fingerprint density at radius 2 is 1.10 bits per heavy atom. The number of hydrogen-bond acceptors (Lipinski definition) is 5. The SMILES string of the molecule is CCCCCCCC(=O)OCC(CCCCCO)COC(=O)CCCCCCC. The van der Waals surface area contributed by atoms with E-state index in [-0.39, 0.29) is 24.5 Å². The molecule has 0 fully saturated rings. The Hall–Kier alpha value is -1.10. The summed E-state index contributed by atoms with van der Waals surface area (Å²) < 4.78 is 10.9. The van der Waals surface area contributed by atoms with Crippen LogP contribution < -0.4 is 0 Å². The van der Waals surface area contributed by atoms with Crippen molar-refractivity contribution in [3.05, 3.63) is 0 Å². The maximum Gasteiger partial charge on any atom is 0.305 e. The molecule has 0 aliphatic rings. The molecule has 29 heavy (non-hydrogen) atoms. The third kappa shape index (κ3) is 20.0. The van der Waals surface area contributed by atoms with Crippen molar-refractivity contribution in [3.8, 4) is 0 Å². The Morgan fingerprint density at radius 3 is 1.55 bits per heavy atom. The van der Waals surface area contributed by atoms with Gasteiger partial charge in [0, 0.05) is 25.4 Å². The maximum atomic E-state index is 12.0. The molecule has 0 saturated carbocycles. The van der Waals surface area contributed by atoms with Crippen molar-refractivity contribution < 1.29 is 24.2 Å². The fourth-order valence-corrected chi connectivity index (χ4v) is 3.25. The van der Waals surface area contributed by atoms with Gasteiger partial charge in [-0.15, -0.1) is 0 Å². The highest BCUT2D eigenvalue weighted by molar-refractivity contribution is 5.69. The zero-order valence-corrected chi connectivity index (χ0v) is 19.1. The molecule has 0 amide bonds. The summed E-state index contributed by atoms with van der Waals surface area (Å²) in [5.41, 5.74) is 0. The van der Waals surface area contributed by atoms with E-state index in [1.54, 1.807) is 0 Å². The molecular weight excluding hydrogens is 368 g/mol. The van der Waals surface area contributed by atoms with Crippen molar-refractivity contribution in [2.45, 2.75) is 117 Å². The van der Waals surface area contributed by atoms with E-state index < -0.39 is 0 Å². The molecule has 1 N–H and O–H groups in total. The van der Waals surface area contributed by atoms with E-state index in [1.807, 2.05) is 0 Å². The van der Waals surface area contributed by atoms with Gasteiger partial charge in [-0.2, -0.15) is 0 Å². The molecule has 5 nitrogen and oxygen atoms in total. The van der Waals surface area contributed by atoms with E-state index in [2.05, 4.69) is 13.8 Å². The van der Waals surface area contributed by atoms with Crippen molar-refractivity contribution >= 4 is 11.9 Å². The van der Waals surface area contributed by atoms with E-state index in [9.17, 15) is 9.59 Å². The van der Waals surface area contributed by atoms with Gasteiger partial charge < -0.3 is 14.6 Å². The smallest absolute Gasteiger partial charge is 0.305 e. The van der Waals surface area contributed by atoms with E-state index in [0.29, 0.717) is 26.1 Å². The predicted molar refractivity (Wildman–Crippen MR) is 118 cm³/mol. The minimum Gasteiger partial charge on any atom is -0.465 e. The molecule has 0 aromatic rings. The second kappa shape index (κ2) is 21.6. The number of ether oxygens (including phenoxy) is 2. The molecule has 0 radical (unpaired) electrons. The lowest BCUT2D eigenvalue weighted by Gasteiger charge is -2.17. The van der Waals surface area contributed by atoms with Gasteiger partial charge in [-0.05, 0) is 25.7 Å². The standard InChI is InChI=1S/C24H46O5/c1-3-5-7-9-13-17-23(26)28-20-22(16-12-11-15-19-25)21-29-24(27)18-14-10-8-6-4-2/h22,25H,3-21H2,1-2H3. The van der Waals surface area contributed by atoms with Crippen molar-refractivity contribution in [1.82, 2.24) is 0 Å². The van der Waals surface area contributed by atoms with Gasteiger partial charge in [-0.1, -0.05) is 78.1 Å². The highest BCUT2D eigenvalue weighted by Crippen LogP contribution is 2.14. The number of esters is 2. The van der Waals surface area contributed by atoms with Crippen molar-refractivity contribution in [2.24, 2.45) is 5.92 Å². The normalized spacial score (nSPS) is 11.0. The van der Waals surface area contributed by atoms with E-state index in [1.165, 1.54) is 38.5 Å². The third-order valence-corrected chi connectivity index (χ3v) is 5.20. The number of carbonyl (C=O) groups is 2. The summed E-state index contributed by atoms with van der Waals surface area (Å²) in [7, 11) is 0. The second-order valence-corrected chi connectivity index (χ2v) is 8.13. The number of rotatable bonds is 21. The van der Waals surface area contributed by atoms with E-state index in [0.717, 1.165) is 51.4 Å². The van der Waals surface area contributed by atoms with Gasteiger partial charge in [0.25, 0.3) is 0 Å². The molecule has 0 bridgehead atoms. The molecule has 0 unspecified atom stereocenters. The van der Waals surface area contributed by atoms with E-state index in [4.69, 9.17) is 14.6 Å². The van der Waals surface area contributed by atoms with Crippen LogP contribution in [0.3, 0.4) is 0 Å². The first-order valence-electron chi connectivity index (χ1n) is 12.1. The van der Waals surface area contributed by atoms with Crippen LogP contribution in [0.4, 0.5) is 0 Å². The Labute approximate surface area is 178 Å². The first kappa shape index (κ1) is 27.9. The fourth-order valence-electron chi connectivity index (χ4n) is 3.25. The monoisotopic (exact) mass is 414 g/mol. The van der Waals surface area contributed by atoms with Gasteiger partial charge in [-0.3, -0.25) is 9.59 Å². The molecule has 0 saturated heterocycles. The Bertz CT molecular complexity index is 353. The molecule has 0 atom stereocenters. The minimum atomic E-state index is -0.149. The molecule has 0 aliphatic heterocycles. The van der Waals surface area contributed by atoms with Crippen molar-refractivity contribution in [3.63, 3.8) is 0 Å². The first-order chi connectivity index (χ1) is 14.1. The first-order valence-corrected chi connectivity index (χ1v) is 12.1. The highest BCUT2D eigenvalue weighted by atomic mass is 16.5. The lowest BCUT2D eigenvalue weighted by Crippen LogP contribution is -2.21. The summed E-state index contributed by atoms with van der Waals surface area (Å²) in [5.74, 6) is -0.255. The maximum absolute atomic E-state index is 12.0. The Balaban J connectivity index is 4.09. The lowest BCUT2D eigenvalue weighted by atomic mass is 10.0. The van der Waals surface area contributed by atoms with Crippen LogP contribution in [-0.4, -0.2) is 36.9 Å². The Morgan fingerprint density at radius 1 is 0.655 bits per heavy atom. The quantitative estimate of drug-likeness (QED) is 0.185. The number of unbranched alkanes of at least 4 members (excludes halogenated alkanes) is 10. The van der Waals surface area contributed by atoms with Crippen LogP contribution in [0.1, 0.15) is 117 Å². The van der Waals surface area contributed by atoms with Crippen LogP contribution in [0.5, 0.6) is 0 Å². The summed E-state index contributed by atoms with van der Waals surface area (Å²) >= 11 is 0. The van der Waals surface area contributed by atoms with Crippen LogP contribution >= 0.6 is 0 Å². The number of aliphatic hydroxyl groups excluding tert-OH is 1. The van der Waals surface area contributed by atoms with Crippen LogP contribution in [0, 0.1) is 5.92 Å². The Kier molecular flexibility index (Phi) is 20.8. The lowest BCUT2D eigenvalue weighted by molar-refractivity contribution is -0.149. The van der Waals surface area contributed by atoms with Gasteiger partial charge in [0.15, 0.2) is 0 Å². The summed E-state index contributed by atoms with van der Waals surface area (Å²) in [6.07, 6.45) is 15.5. The third-order valence-electron chi connectivity index (χ3n) is 5.20. The minimum absolute atomic E-state index is 0.0433. The molecule has 0 aromatic heterocycles. The predicted octanol–water partition coefficient (Wildman–Crippen LogP) is 5.96. The molecule has 0 aromatic carbocycles. The number of carbonyl (C=O) groups excluding carboxylic acids is 2. The summed E-state index contributed by atoms with van der Waals surface area (Å²) in [4.78, 5) is 23.9. The van der Waals surface area contributed by atoms with Gasteiger partial charge >= 0.3 is 11.9 Å². The molecule has 172 valence electrons. The highest BCUT2D eigenvalue weighted by Gasteiger charge is 2.15. The largest absolute Gasteiger partial charge is 0.465 e. The van der Waals surface area contributed by atoms with Crippen molar-refractivity contribution in [1.29, 1.82) is 0 Å². The van der Waals surface area contributed by atoms with Crippen LogP contribution in [0.25, 0.3) is 0 Å². The van der Waals surface area contributed by atoms with Gasteiger partial charge in [0.2, 0.25) is 0 Å². The molecule has 5 heteroatoms. The average Bonchev–Trinajstić information content (AvgIpc) is 2.72. The van der Waals surface area contributed by atoms with Crippen LogP contribution in [-0.2, 0) is 19.1 Å². The fraction of sp³-hybridized carbons (Fsp3) is 0.917.